The van der Waals surface area contributed by atoms with Crippen LogP contribution in [0.25, 0.3) is 0 Å². The Kier molecular flexibility index (Phi) is 4.74. The molecular weight excluding hydrogens is 382 g/mol. The number of fused-ring (bicyclic) bond motifs is 1. The molecule has 1 N–H and O–H groups in total. The zero-order valence-electron chi connectivity index (χ0n) is 13.4. The van der Waals surface area contributed by atoms with Crippen molar-refractivity contribution in [2.75, 3.05) is 12.4 Å². The van der Waals surface area contributed by atoms with Gasteiger partial charge in [0.1, 0.15) is 0 Å². The highest BCUT2D eigenvalue weighted by molar-refractivity contribution is 7.92. The second-order valence-electron chi connectivity index (χ2n) is 5.22. The lowest BCUT2D eigenvalue weighted by Gasteiger charge is -2.33. The van der Waals surface area contributed by atoms with Crippen LogP contribution in [0, 0.1) is 0 Å². The van der Waals surface area contributed by atoms with Crippen LogP contribution in [0.2, 0.25) is 0 Å². The van der Waals surface area contributed by atoms with Crippen LogP contribution < -0.4 is 5.32 Å². The van der Waals surface area contributed by atoms with E-state index in [1.807, 2.05) is 0 Å². The molecule has 0 bridgehead atoms. The van der Waals surface area contributed by atoms with E-state index in [9.17, 15) is 22.8 Å². The molecule has 1 aliphatic rings. The smallest absolute Gasteiger partial charge is 0.331 e. The lowest BCUT2D eigenvalue weighted by atomic mass is 10.2. The van der Waals surface area contributed by atoms with Gasteiger partial charge in [-0.15, -0.1) is 11.3 Å². The number of hydrogen-bond acceptors (Lipinski definition) is 8. The van der Waals surface area contributed by atoms with Gasteiger partial charge < -0.3 is 4.74 Å². The molecule has 3 rings (SSSR count). The van der Waals surface area contributed by atoms with Gasteiger partial charge in [0, 0.05) is 11.6 Å². The van der Waals surface area contributed by atoms with Crippen LogP contribution in [0.5, 0.6) is 0 Å². The van der Waals surface area contributed by atoms with Crippen LogP contribution in [0.15, 0.2) is 40.7 Å². The van der Waals surface area contributed by atoms with Gasteiger partial charge in [0.05, 0.1) is 24.0 Å². The Morgan fingerprint density at radius 1 is 1.35 bits per heavy atom. The molecule has 1 aliphatic heterocycles. The number of sulfone groups is 1. The molecule has 1 unspecified atom stereocenters. The van der Waals surface area contributed by atoms with Crippen LogP contribution in [-0.4, -0.2) is 48.7 Å². The Balaban J connectivity index is 2.08. The van der Waals surface area contributed by atoms with E-state index in [1.54, 1.807) is 5.38 Å². The summed E-state index contributed by atoms with van der Waals surface area (Å²) in [6.45, 7) is 0. The summed E-state index contributed by atoms with van der Waals surface area (Å²) in [7, 11) is -3.08. The highest BCUT2D eigenvalue weighted by Crippen LogP contribution is 2.32. The van der Waals surface area contributed by atoms with Crippen molar-refractivity contribution < 1.29 is 27.5 Å². The number of amides is 3. The minimum atomic E-state index is -4.17. The van der Waals surface area contributed by atoms with Crippen LogP contribution in [0.1, 0.15) is 16.8 Å². The zero-order chi connectivity index (χ0) is 18.9. The maximum atomic E-state index is 12.9. The molecule has 2 heterocycles. The number of urea groups is 1. The molecule has 0 saturated carbocycles. The van der Waals surface area contributed by atoms with Gasteiger partial charge in [0.2, 0.25) is 9.84 Å². The maximum Gasteiger partial charge on any atom is 0.331 e. The molecule has 0 saturated heterocycles. The Labute approximate surface area is 152 Å². The molecule has 1 aromatic carbocycles. The van der Waals surface area contributed by atoms with E-state index in [0.717, 1.165) is 18.4 Å². The third kappa shape index (κ3) is 3.06. The van der Waals surface area contributed by atoms with Gasteiger partial charge in [-0.3, -0.25) is 14.9 Å². The van der Waals surface area contributed by atoms with Crippen molar-refractivity contribution in [1.29, 1.82) is 0 Å². The number of carbonyl (C=O) groups excluding carboxylic acids is 3. The fraction of sp³-hybridized carbons (Fsp3) is 0.200. The number of anilines is 1. The standard InChI is InChI=1S/C15H13N3O6S2/c1-24-12(19)8-11-18(15(21)17-14-16-6-7-25-14)13(20)9-4-2-3-5-10(9)26(11,22)23/h2-7,11H,8H2,1H3,(H,16,17,21). The summed E-state index contributed by atoms with van der Waals surface area (Å²) < 4.78 is 30.4. The Hall–Kier alpha value is -2.79. The number of esters is 1. The lowest BCUT2D eigenvalue weighted by molar-refractivity contribution is -0.141. The highest BCUT2D eigenvalue weighted by atomic mass is 32.2. The normalized spacial score (nSPS) is 18.1. The average Bonchev–Trinajstić information content (AvgIpc) is 3.12. The summed E-state index contributed by atoms with van der Waals surface area (Å²) in [5, 5.41) is 2.45. The quantitative estimate of drug-likeness (QED) is 0.781. The predicted molar refractivity (Wildman–Crippen MR) is 91.4 cm³/mol. The molecule has 0 aliphatic carbocycles. The van der Waals surface area contributed by atoms with Gasteiger partial charge in [0.25, 0.3) is 5.91 Å². The van der Waals surface area contributed by atoms with Crippen molar-refractivity contribution in [2.24, 2.45) is 0 Å². The molecule has 1 atom stereocenters. The largest absolute Gasteiger partial charge is 0.469 e. The van der Waals surface area contributed by atoms with Gasteiger partial charge in [-0.05, 0) is 12.1 Å². The number of methoxy groups -OCH3 is 1. The van der Waals surface area contributed by atoms with Crippen molar-refractivity contribution in [3.63, 3.8) is 0 Å². The number of aromatic nitrogens is 1. The molecule has 0 fully saturated rings. The minimum Gasteiger partial charge on any atom is -0.469 e. The minimum absolute atomic E-state index is 0.136. The van der Waals surface area contributed by atoms with Gasteiger partial charge >= 0.3 is 12.0 Å². The summed E-state index contributed by atoms with van der Waals surface area (Å²) in [6, 6.07) is 4.54. The average molecular weight is 395 g/mol. The van der Waals surface area contributed by atoms with E-state index >= 15 is 0 Å². The zero-order valence-corrected chi connectivity index (χ0v) is 15.0. The summed E-state index contributed by atoms with van der Waals surface area (Å²) in [5.74, 6) is -1.68. The second-order valence-corrected chi connectivity index (χ2v) is 8.19. The molecule has 9 nitrogen and oxygen atoms in total. The summed E-state index contributed by atoms with van der Waals surface area (Å²) in [4.78, 5) is 41.3. The number of benzene rings is 1. The van der Waals surface area contributed by atoms with E-state index < -0.39 is 39.5 Å². The number of imide groups is 1. The molecule has 3 amide bonds. The predicted octanol–water partition coefficient (Wildman–Crippen LogP) is 1.49. The number of rotatable bonds is 3. The number of ether oxygens (including phenoxy) is 1. The second kappa shape index (κ2) is 6.84. The lowest BCUT2D eigenvalue weighted by Crippen LogP contribution is -2.54. The van der Waals surface area contributed by atoms with E-state index in [1.165, 1.54) is 30.5 Å². The van der Waals surface area contributed by atoms with Crippen LogP contribution in [-0.2, 0) is 19.4 Å². The monoisotopic (exact) mass is 395 g/mol. The molecular formula is C15H13N3O6S2. The van der Waals surface area contributed by atoms with Crippen molar-refractivity contribution >= 4 is 44.2 Å². The molecule has 11 heteroatoms. The molecule has 26 heavy (non-hydrogen) atoms. The van der Waals surface area contributed by atoms with Crippen molar-refractivity contribution in [3.8, 4) is 0 Å². The van der Waals surface area contributed by atoms with Crippen LogP contribution >= 0.6 is 11.3 Å². The maximum absolute atomic E-state index is 12.9. The number of thiazole rings is 1. The first-order chi connectivity index (χ1) is 12.4. The van der Waals surface area contributed by atoms with Crippen molar-refractivity contribution in [1.82, 2.24) is 9.88 Å². The first-order valence-corrected chi connectivity index (χ1v) is 9.72. The molecule has 0 radical (unpaired) electrons. The molecule has 136 valence electrons. The van der Waals surface area contributed by atoms with Crippen LogP contribution in [0.3, 0.4) is 0 Å². The van der Waals surface area contributed by atoms with Gasteiger partial charge in [-0.2, -0.15) is 0 Å². The van der Waals surface area contributed by atoms with Gasteiger partial charge in [-0.1, -0.05) is 12.1 Å². The SMILES string of the molecule is COC(=O)CC1N(C(=O)Nc2nccs2)C(=O)c2ccccc2S1(=O)=O. The third-order valence-corrected chi connectivity index (χ3v) is 6.47. The van der Waals surface area contributed by atoms with Crippen LogP contribution in [0.4, 0.5) is 9.93 Å². The van der Waals surface area contributed by atoms with E-state index in [2.05, 4.69) is 15.0 Å². The summed E-state index contributed by atoms with van der Waals surface area (Å²) >= 11 is 1.10. The fourth-order valence-corrected chi connectivity index (χ4v) is 4.89. The number of nitrogens with zero attached hydrogens (tertiary/aromatic N) is 2. The first kappa shape index (κ1) is 18.0. The molecule has 1 aromatic heterocycles. The highest BCUT2D eigenvalue weighted by Gasteiger charge is 2.47. The summed E-state index contributed by atoms with van der Waals surface area (Å²) in [5.41, 5.74) is -0.136. The topological polar surface area (TPSA) is 123 Å². The fourth-order valence-electron chi connectivity index (χ4n) is 2.52. The van der Waals surface area contributed by atoms with E-state index in [4.69, 9.17) is 0 Å². The van der Waals surface area contributed by atoms with Crippen molar-refractivity contribution in [3.05, 3.63) is 41.4 Å². The van der Waals surface area contributed by atoms with Gasteiger partial charge in [0.15, 0.2) is 10.5 Å². The number of carbonyl (C=O) groups is 3. The Bertz CT molecular complexity index is 971. The Morgan fingerprint density at radius 3 is 2.73 bits per heavy atom. The van der Waals surface area contributed by atoms with Crippen molar-refractivity contribution in [2.45, 2.75) is 16.7 Å². The van der Waals surface area contributed by atoms with Gasteiger partial charge in [-0.25, -0.2) is 23.1 Å². The number of nitrogens with one attached hydrogen (secondary N) is 1. The Morgan fingerprint density at radius 2 is 2.08 bits per heavy atom. The molecule has 0 spiro atoms. The first-order valence-electron chi connectivity index (χ1n) is 7.30. The third-order valence-electron chi connectivity index (χ3n) is 3.72. The molecule has 2 aromatic rings. The van der Waals surface area contributed by atoms with E-state index in [0.29, 0.717) is 4.90 Å². The summed E-state index contributed by atoms with van der Waals surface area (Å²) in [6.07, 6.45) is 0.764. The van der Waals surface area contributed by atoms with E-state index in [-0.39, 0.29) is 15.6 Å². The number of hydrogen-bond donors (Lipinski definition) is 1.